The van der Waals surface area contributed by atoms with Gasteiger partial charge in [0.05, 0.1) is 16.5 Å². The molecule has 3 N–H and O–H groups in total. The van der Waals surface area contributed by atoms with Gasteiger partial charge in [-0.1, -0.05) is 25.1 Å². The summed E-state index contributed by atoms with van der Waals surface area (Å²) in [5.41, 5.74) is -2.14. The molecule has 1 aromatic carbocycles. The van der Waals surface area contributed by atoms with Crippen molar-refractivity contribution < 1.29 is 29.9 Å². The SMILES string of the molecule is CC1=C(C(=O)O)C(c2cccc([N+](=O)[O-])c2)C(CC(C)c2cccs2)(C(=O)O)C(C)N1O. The molecule has 1 aliphatic rings. The Balaban J connectivity index is 2.32. The lowest BCUT2D eigenvalue weighted by Crippen LogP contribution is -2.57. The summed E-state index contributed by atoms with van der Waals surface area (Å²) in [7, 11) is 0. The van der Waals surface area contributed by atoms with Crippen LogP contribution in [0, 0.1) is 15.5 Å². The minimum Gasteiger partial charge on any atom is -0.481 e. The maximum atomic E-state index is 12.9. The summed E-state index contributed by atoms with van der Waals surface area (Å²) < 4.78 is 0. The van der Waals surface area contributed by atoms with Gasteiger partial charge in [-0.3, -0.25) is 25.2 Å². The predicted octanol–water partition coefficient (Wildman–Crippen LogP) is 4.46. The summed E-state index contributed by atoms with van der Waals surface area (Å²) in [6.45, 7) is 4.78. The highest BCUT2D eigenvalue weighted by atomic mass is 32.1. The number of thiophene rings is 1. The van der Waals surface area contributed by atoms with Crippen molar-refractivity contribution in [1.29, 1.82) is 0 Å². The van der Waals surface area contributed by atoms with Gasteiger partial charge in [-0.2, -0.15) is 0 Å². The number of hydrogen-bond acceptors (Lipinski definition) is 7. The van der Waals surface area contributed by atoms with Gasteiger partial charge in [-0.25, -0.2) is 4.79 Å². The van der Waals surface area contributed by atoms with Gasteiger partial charge in [-0.05, 0) is 43.2 Å². The molecule has 0 spiro atoms. The van der Waals surface area contributed by atoms with Crippen molar-refractivity contribution in [2.24, 2.45) is 5.41 Å². The first-order chi connectivity index (χ1) is 15.0. The molecule has 10 heteroatoms. The minimum absolute atomic E-state index is 0.00200. The Labute approximate surface area is 188 Å². The van der Waals surface area contributed by atoms with Crippen molar-refractivity contribution in [2.75, 3.05) is 0 Å². The molecule has 0 saturated carbocycles. The van der Waals surface area contributed by atoms with E-state index in [1.807, 2.05) is 24.4 Å². The molecule has 4 unspecified atom stereocenters. The van der Waals surface area contributed by atoms with Gasteiger partial charge in [0.25, 0.3) is 5.69 Å². The molecule has 2 aromatic rings. The molecule has 32 heavy (non-hydrogen) atoms. The molecule has 0 bridgehead atoms. The normalized spacial score (nSPS) is 24.3. The van der Waals surface area contributed by atoms with Crippen LogP contribution in [-0.4, -0.2) is 43.4 Å². The lowest BCUT2D eigenvalue weighted by atomic mass is 9.58. The third kappa shape index (κ3) is 3.76. The number of nitrogens with zero attached hydrogens (tertiary/aromatic N) is 2. The lowest BCUT2D eigenvalue weighted by Gasteiger charge is -2.50. The number of hydroxylamine groups is 2. The zero-order valence-corrected chi connectivity index (χ0v) is 18.6. The number of carbonyl (C=O) groups is 2. The van der Waals surface area contributed by atoms with E-state index in [-0.39, 0.29) is 34.9 Å². The maximum Gasteiger partial charge on any atom is 0.334 e. The number of hydrogen-bond donors (Lipinski definition) is 3. The van der Waals surface area contributed by atoms with E-state index >= 15 is 0 Å². The third-order valence-electron chi connectivity index (χ3n) is 6.37. The summed E-state index contributed by atoms with van der Waals surface area (Å²) in [6.07, 6.45) is 0.0124. The number of nitro benzene ring substituents is 1. The quantitative estimate of drug-likeness (QED) is 0.406. The number of carboxylic acid groups (broad SMARTS) is 2. The van der Waals surface area contributed by atoms with E-state index in [0.29, 0.717) is 5.06 Å². The molecule has 170 valence electrons. The van der Waals surface area contributed by atoms with Crippen LogP contribution in [-0.2, 0) is 9.59 Å². The van der Waals surface area contributed by atoms with E-state index in [2.05, 4.69) is 0 Å². The van der Waals surface area contributed by atoms with Gasteiger partial charge < -0.3 is 10.2 Å². The summed E-state index contributed by atoms with van der Waals surface area (Å²) in [5.74, 6) is -4.16. The summed E-state index contributed by atoms with van der Waals surface area (Å²) >= 11 is 1.46. The van der Waals surface area contributed by atoms with E-state index in [4.69, 9.17) is 0 Å². The van der Waals surface area contributed by atoms with Crippen LogP contribution < -0.4 is 0 Å². The van der Waals surface area contributed by atoms with Crippen molar-refractivity contribution >= 4 is 29.0 Å². The molecule has 0 amide bonds. The second-order valence-electron chi connectivity index (χ2n) is 8.08. The Kier molecular flexibility index (Phi) is 6.38. The van der Waals surface area contributed by atoms with E-state index in [0.717, 1.165) is 4.88 Å². The molecular formula is C22H24N2O7S. The van der Waals surface area contributed by atoms with Crippen LogP contribution in [0.15, 0.2) is 53.0 Å². The number of non-ortho nitro benzene ring substituents is 1. The second-order valence-corrected chi connectivity index (χ2v) is 9.06. The van der Waals surface area contributed by atoms with Gasteiger partial charge >= 0.3 is 11.9 Å². The van der Waals surface area contributed by atoms with E-state index in [1.165, 1.54) is 49.4 Å². The molecular weight excluding hydrogens is 436 g/mol. The summed E-state index contributed by atoms with van der Waals surface area (Å²) in [4.78, 5) is 36.9. The molecule has 3 rings (SSSR count). The van der Waals surface area contributed by atoms with Crippen molar-refractivity contribution in [2.45, 2.75) is 45.1 Å². The van der Waals surface area contributed by atoms with Crippen molar-refractivity contribution in [3.63, 3.8) is 0 Å². The van der Waals surface area contributed by atoms with E-state index in [1.54, 1.807) is 0 Å². The van der Waals surface area contributed by atoms with Crippen LogP contribution in [0.3, 0.4) is 0 Å². The molecule has 2 heterocycles. The summed E-state index contributed by atoms with van der Waals surface area (Å²) in [5, 5.41) is 45.3. The number of rotatable bonds is 7. The zero-order valence-electron chi connectivity index (χ0n) is 17.8. The Morgan fingerprint density at radius 1 is 1.28 bits per heavy atom. The average Bonchev–Trinajstić information content (AvgIpc) is 3.28. The van der Waals surface area contributed by atoms with Gasteiger partial charge in [0.1, 0.15) is 5.41 Å². The van der Waals surface area contributed by atoms with Crippen LogP contribution >= 0.6 is 11.3 Å². The Hall–Kier alpha value is -3.24. The number of nitro groups is 1. The number of aliphatic carboxylic acids is 2. The summed E-state index contributed by atoms with van der Waals surface area (Å²) in [6, 6.07) is 8.10. The molecule has 0 aliphatic carbocycles. The monoisotopic (exact) mass is 460 g/mol. The molecule has 1 aromatic heterocycles. The smallest absolute Gasteiger partial charge is 0.334 e. The largest absolute Gasteiger partial charge is 0.481 e. The molecule has 0 fully saturated rings. The fraction of sp³-hybridized carbons (Fsp3) is 0.364. The molecule has 0 saturated heterocycles. The van der Waals surface area contributed by atoms with Crippen LogP contribution in [0.4, 0.5) is 5.69 Å². The fourth-order valence-corrected chi connectivity index (χ4v) is 5.54. The highest BCUT2D eigenvalue weighted by molar-refractivity contribution is 7.10. The van der Waals surface area contributed by atoms with Crippen LogP contribution in [0.1, 0.15) is 49.5 Å². The first-order valence-corrected chi connectivity index (χ1v) is 10.8. The molecule has 4 atom stereocenters. The van der Waals surface area contributed by atoms with Crippen molar-refractivity contribution in [3.05, 3.63) is 73.6 Å². The lowest BCUT2D eigenvalue weighted by molar-refractivity contribution is -0.385. The Bertz CT molecular complexity index is 1080. The Morgan fingerprint density at radius 3 is 2.50 bits per heavy atom. The average molecular weight is 461 g/mol. The van der Waals surface area contributed by atoms with Gasteiger partial charge in [0, 0.05) is 28.6 Å². The number of carboxylic acids is 2. The maximum absolute atomic E-state index is 12.9. The van der Waals surface area contributed by atoms with Crippen molar-refractivity contribution in [3.8, 4) is 0 Å². The molecule has 9 nitrogen and oxygen atoms in total. The highest BCUT2D eigenvalue weighted by Gasteiger charge is 2.59. The number of benzene rings is 1. The predicted molar refractivity (Wildman–Crippen MR) is 117 cm³/mol. The first kappa shape index (κ1) is 23.4. The highest BCUT2D eigenvalue weighted by Crippen LogP contribution is 2.55. The van der Waals surface area contributed by atoms with Crippen LogP contribution in [0.25, 0.3) is 0 Å². The minimum atomic E-state index is -1.78. The first-order valence-electron chi connectivity index (χ1n) is 9.95. The molecule has 0 radical (unpaired) electrons. The topological polar surface area (TPSA) is 141 Å². The van der Waals surface area contributed by atoms with E-state index < -0.39 is 34.2 Å². The Morgan fingerprint density at radius 2 is 1.97 bits per heavy atom. The van der Waals surface area contributed by atoms with Gasteiger partial charge in [-0.15, -0.1) is 11.3 Å². The van der Waals surface area contributed by atoms with E-state index in [9.17, 15) is 35.1 Å². The zero-order chi connectivity index (χ0) is 23.8. The van der Waals surface area contributed by atoms with Gasteiger partial charge in [0.2, 0.25) is 0 Å². The second kappa shape index (κ2) is 8.71. The molecule has 1 aliphatic heterocycles. The van der Waals surface area contributed by atoms with Crippen molar-refractivity contribution in [1.82, 2.24) is 5.06 Å². The number of allylic oxidation sites excluding steroid dienone is 1. The van der Waals surface area contributed by atoms with Crippen LogP contribution in [0.5, 0.6) is 0 Å². The van der Waals surface area contributed by atoms with Gasteiger partial charge in [0.15, 0.2) is 0 Å². The fourth-order valence-electron chi connectivity index (χ4n) is 4.76. The van der Waals surface area contributed by atoms with Crippen LogP contribution in [0.2, 0.25) is 0 Å². The standard InChI is InChI=1S/C22H24N2O7S/c1-12(17-8-5-9-32-17)11-22(21(27)28)14(3)23(29)13(2)18(20(25)26)19(22)15-6-4-7-16(10-15)24(30)31/h4-10,12,14,19,29H,11H2,1-3H3,(H,25,26)(H,27,28). The third-order valence-corrected chi connectivity index (χ3v) is 7.47.